The van der Waals surface area contributed by atoms with Gasteiger partial charge in [-0.25, -0.2) is 0 Å². The number of fused-ring (bicyclic) bond motifs is 1. The van der Waals surface area contributed by atoms with Crippen LogP contribution < -0.4 is 5.56 Å². The van der Waals surface area contributed by atoms with Gasteiger partial charge in [-0.3, -0.25) is 9.59 Å². The normalized spacial score (nSPS) is 18.3. The van der Waals surface area contributed by atoms with E-state index in [1.54, 1.807) is 0 Å². The Labute approximate surface area is 93.3 Å². The van der Waals surface area contributed by atoms with Crippen molar-refractivity contribution < 1.29 is 9.90 Å². The molecule has 2 N–H and O–H groups in total. The number of nitrogens with one attached hydrogen (secondary N) is 1. The molecule has 0 bridgehead atoms. The van der Waals surface area contributed by atoms with Gasteiger partial charge in [0.05, 0.1) is 11.1 Å². The molecule has 4 nitrogen and oxygen atoms in total. The number of hydrogen-bond acceptors (Lipinski definition) is 3. The van der Waals surface area contributed by atoms with Gasteiger partial charge in [0.1, 0.15) is 5.75 Å². The largest absolute Gasteiger partial charge is 0.507 e. The van der Waals surface area contributed by atoms with Crippen LogP contribution in [0.25, 0.3) is 0 Å². The van der Waals surface area contributed by atoms with Crippen LogP contribution in [0.2, 0.25) is 0 Å². The van der Waals surface area contributed by atoms with E-state index in [1.807, 2.05) is 13.8 Å². The standard InChI is InChI=1S/C12H15NO3/c1-6-10(15)9-7(13-11(6)16)4-12(2,3)5-8(9)14/h4-5H2,1-3H3,(H2,13,15,16). The smallest absolute Gasteiger partial charge is 0.254 e. The predicted molar refractivity (Wildman–Crippen MR) is 59.9 cm³/mol. The lowest BCUT2D eigenvalue weighted by atomic mass is 9.75. The first-order valence-corrected chi connectivity index (χ1v) is 5.30. The van der Waals surface area contributed by atoms with Crippen LogP contribution in [0.4, 0.5) is 0 Å². The maximum Gasteiger partial charge on any atom is 0.254 e. The monoisotopic (exact) mass is 221 g/mol. The van der Waals surface area contributed by atoms with Crippen LogP contribution in [0, 0.1) is 12.3 Å². The quantitative estimate of drug-likeness (QED) is 0.698. The summed E-state index contributed by atoms with van der Waals surface area (Å²) in [5.41, 5.74) is 0.605. The SMILES string of the molecule is Cc1c(O)c2c([nH]c1=O)CC(C)(C)CC2=O. The van der Waals surface area contributed by atoms with Gasteiger partial charge in [-0.2, -0.15) is 0 Å². The maximum atomic E-state index is 11.9. The number of aromatic nitrogens is 1. The molecule has 16 heavy (non-hydrogen) atoms. The Morgan fingerprint density at radius 3 is 2.50 bits per heavy atom. The second kappa shape index (κ2) is 3.20. The van der Waals surface area contributed by atoms with Crippen LogP contribution in [0.15, 0.2) is 4.79 Å². The summed E-state index contributed by atoms with van der Waals surface area (Å²) in [6.07, 6.45) is 1.01. The summed E-state index contributed by atoms with van der Waals surface area (Å²) in [6.45, 7) is 5.47. The van der Waals surface area contributed by atoms with Gasteiger partial charge in [0, 0.05) is 12.1 Å². The molecule has 0 aromatic carbocycles. The molecular weight excluding hydrogens is 206 g/mol. The Hall–Kier alpha value is -1.58. The van der Waals surface area contributed by atoms with Crippen molar-refractivity contribution in [3.8, 4) is 5.75 Å². The van der Waals surface area contributed by atoms with Gasteiger partial charge in [0.25, 0.3) is 5.56 Å². The molecule has 0 saturated carbocycles. The van der Waals surface area contributed by atoms with Gasteiger partial charge in [-0.15, -0.1) is 0 Å². The molecule has 2 rings (SSSR count). The first-order chi connectivity index (χ1) is 7.32. The van der Waals surface area contributed by atoms with Crippen molar-refractivity contribution in [1.82, 2.24) is 4.98 Å². The highest BCUT2D eigenvalue weighted by Crippen LogP contribution is 2.37. The highest BCUT2D eigenvalue weighted by atomic mass is 16.3. The summed E-state index contributed by atoms with van der Waals surface area (Å²) in [7, 11) is 0. The molecule has 0 unspecified atom stereocenters. The van der Waals surface area contributed by atoms with Crippen LogP contribution in [-0.2, 0) is 6.42 Å². The molecule has 0 radical (unpaired) electrons. The highest BCUT2D eigenvalue weighted by Gasteiger charge is 2.34. The minimum atomic E-state index is -0.318. The number of carbonyl (C=O) groups excluding carboxylic acids is 1. The number of aromatic hydroxyl groups is 1. The number of H-pyrrole nitrogens is 1. The minimum Gasteiger partial charge on any atom is -0.507 e. The molecule has 1 aromatic heterocycles. The summed E-state index contributed by atoms with van der Waals surface area (Å²) in [5, 5.41) is 9.82. The Balaban J connectivity index is 2.71. The van der Waals surface area contributed by atoms with Crippen LogP contribution in [0.1, 0.15) is 41.9 Å². The van der Waals surface area contributed by atoms with Crippen molar-refractivity contribution >= 4 is 5.78 Å². The summed E-state index contributed by atoms with van der Waals surface area (Å²) < 4.78 is 0. The first-order valence-electron chi connectivity index (χ1n) is 5.30. The number of hydrogen-bond donors (Lipinski definition) is 2. The number of carbonyl (C=O) groups is 1. The molecule has 1 aliphatic carbocycles. The van der Waals surface area contributed by atoms with E-state index in [0.717, 1.165) is 0 Å². The molecule has 86 valence electrons. The van der Waals surface area contributed by atoms with Crippen LogP contribution in [0.3, 0.4) is 0 Å². The van der Waals surface area contributed by atoms with Crippen molar-refractivity contribution in [3.05, 3.63) is 27.2 Å². The molecule has 1 heterocycles. The fourth-order valence-electron chi connectivity index (χ4n) is 2.23. The lowest BCUT2D eigenvalue weighted by Crippen LogP contribution is -2.30. The Morgan fingerprint density at radius 2 is 1.88 bits per heavy atom. The fraction of sp³-hybridized carbons (Fsp3) is 0.500. The number of Topliss-reactive ketones (excluding diaryl/α,β-unsaturated/α-hetero) is 1. The topological polar surface area (TPSA) is 70.2 Å². The van der Waals surface area contributed by atoms with Crippen LogP contribution in [0.5, 0.6) is 5.75 Å². The van der Waals surface area contributed by atoms with Gasteiger partial charge in [0.2, 0.25) is 0 Å². The molecule has 0 aliphatic heterocycles. The fourth-order valence-corrected chi connectivity index (χ4v) is 2.23. The van der Waals surface area contributed by atoms with E-state index >= 15 is 0 Å². The van der Waals surface area contributed by atoms with E-state index < -0.39 is 0 Å². The van der Waals surface area contributed by atoms with E-state index in [-0.39, 0.29) is 28.1 Å². The number of pyridine rings is 1. The summed E-state index contributed by atoms with van der Waals surface area (Å²) in [4.78, 5) is 26.1. The van der Waals surface area contributed by atoms with Gasteiger partial charge in [-0.1, -0.05) is 13.8 Å². The van der Waals surface area contributed by atoms with Gasteiger partial charge >= 0.3 is 0 Å². The molecule has 1 aromatic rings. The van der Waals surface area contributed by atoms with E-state index in [9.17, 15) is 14.7 Å². The van der Waals surface area contributed by atoms with Crippen molar-refractivity contribution in [2.75, 3.05) is 0 Å². The number of ketones is 1. The second-order valence-electron chi connectivity index (χ2n) is 5.22. The van der Waals surface area contributed by atoms with Gasteiger partial charge in [-0.05, 0) is 18.8 Å². The van der Waals surface area contributed by atoms with E-state index in [2.05, 4.69) is 4.98 Å². The predicted octanol–water partition coefficient (Wildman–Crippen LogP) is 1.54. The van der Waals surface area contributed by atoms with E-state index in [0.29, 0.717) is 24.1 Å². The van der Waals surface area contributed by atoms with Crippen molar-refractivity contribution in [2.45, 2.75) is 33.6 Å². The highest BCUT2D eigenvalue weighted by molar-refractivity contribution is 6.01. The molecule has 0 saturated heterocycles. The summed E-state index contributed by atoms with van der Waals surface area (Å²) >= 11 is 0. The number of aromatic amines is 1. The lowest BCUT2D eigenvalue weighted by molar-refractivity contribution is 0.0906. The van der Waals surface area contributed by atoms with Gasteiger partial charge < -0.3 is 10.1 Å². The molecule has 1 aliphatic rings. The Kier molecular flexibility index (Phi) is 2.19. The third kappa shape index (κ3) is 1.54. The second-order valence-corrected chi connectivity index (χ2v) is 5.22. The lowest BCUT2D eigenvalue weighted by Gasteiger charge is -2.30. The average molecular weight is 221 g/mol. The van der Waals surface area contributed by atoms with Crippen LogP contribution >= 0.6 is 0 Å². The third-order valence-electron chi connectivity index (χ3n) is 3.07. The Bertz CT molecular complexity index is 526. The molecule has 0 atom stereocenters. The van der Waals surface area contributed by atoms with Crippen molar-refractivity contribution in [2.24, 2.45) is 5.41 Å². The molecule has 0 fully saturated rings. The zero-order valence-electron chi connectivity index (χ0n) is 9.68. The van der Waals surface area contributed by atoms with Gasteiger partial charge in [0.15, 0.2) is 5.78 Å². The molecule has 0 spiro atoms. The Morgan fingerprint density at radius 1 is 1.25 bits per heavy atom. The number of rotatable bonds is 0. The minimum absolute atomic E-state index is 0.0944. The van der Waals surface area contributed by atoms with E-state index in [1.165, 1.54) is 6.92 Å². The summed E-state index contributed by atoms with van der Waals surface area (Å²) in [6, 6.07) is 0. The first kappa shape index (κ1) is 10.9. The zero-order chi connectivity index (χ0) is 12.1. The van der Waals surface area contributed by atoms with E-state index in [4.69, 9.17) is 0 Å². The molecule has 0 amide bonds. The van der Waals surface area contributed by atoms with Crippen LogP contribution in [-0.4, -0.2) is 15.9 Å². The zero-order valence-corrected chi connectivity index (χ0v) is 9.68. The summed E-state index contributed by atoms with van der Waals surface area (Å²) in [5.74, 6) is -0.248. The molecule has 4 heteroatoms. The maximum absolute atomic E-state index is 11.9. The van der Waals surface area contributed by atoms with Crippen molar-refractivity contribution in [1.29, 1.82) is 0 Å². The average Bonchev–Trinajstić information content (AvgIpc) is 2.11. The third-order valence-corrected chi connectivity index (χ3v) is 3.07. The van der Waals surface area contributed by atoms with Crippen molar-refractivity contribution in [3.63, 3.8) is 0 Å². The molecular formula is C12H15NO3.